The molecular formula is C18H19F2NO2. The lowest BCUT2D eigenvalue weighted by molar-refractivity contribution is -0.0509. The fourth-order valence-electron chi connectivity index (χ4n) is 2.78. The lowest BCUT2D eigenvalue weighted by Gasteiger charge is -2.33. The van der Waals surface area contributed by atoms with Gasteiger partial charge in [0.05, 0.1) is 12.7 Å². The molecule has 1 unspecified atom stereocenters. The highest BCUT2D eigenvalue weighted by Gasteiger charge is 2.22. The molecule has 0 amide bonds. The molecule has 0 aliphatic carbocycles. The molecule has 1 heterocycles. The van der Waals surface area contributed by atoms with Gasteiger partial charge >= 0.3 is 6.61 Å². The van der Waals surface area contributed by atoms with E-state index in [0.29, 0.717) is 6.61 Å². The van der Waals surface area contributed by atoms with Gasteiger partial charge in [-0.3, -0.25) is 4.90 Å². The lowest BCUT2D eigenvalue weighted by atomic mass is 10.1. The van der Waals surface area contributed by atoms with Crippen LogP contribution >= 0.6 is 0 Å². The zero-order valence-corrected chi connectivity index (χ0v) is 12.7. The van der Waals surface area contributed by atoms with E-state index in [-0.39, 0.29) is 11.9 Å². The van der Waals surface area contributed by atoms with Gasteiger partial charge in [-0.1, -0.05) is 42.5 Å². The van der Waals surface area contributed by atoms with Gasteiger partial charge in [0.1, 0.15) is 5.75 Å². The van der Waals surface area contributed by atoms with Crippen molar-refractivity contribution in [1.29, 1.82) is 0 Å². The number of benzene rings is 2. The zero-order valence-electron chi connectivity index (χ0n) is 12.7. The van der Waals surface area contributed by atoms with Crippen LogP contribution in [0.5, 0.6) is 5.75 Å². The minimum absolute atomic E-state index is 0.131. The number of nitrogens with zero attached hydrogens (tertiary/aromatic N) is 1. The molecule has 23 heavy (non-hydrogen) atoms. The minimum atomic E-state index is -2.81. The molecule has 0 aromatic heterocycles. The number of hydrogen-bond donors (Lipinski definition) is 0. The third-order valence-corrected chi connectivity index (χ3v) is 3.85. The zero-order chi connectivity index (χ0) is 16.1. The van der Waals surface area contributed by atoms with Crippen molar-refractivity contribution < 1.29 is 18.3 Å². The molecule has 5 heteroatoms. The van der Waals surface area contributed by atoms with Gasteiger partial charge in [0.2, 0.25) is 0 Å². The molecule has 0 radical (unpaired) electrons. The predicted octanol–water partition coefficient (Wildman–Crippen LogP) is 3.86. The fraction of sp³-hybridized carbons (Fsp3) is 0.333. The maximum absolute atomic E-state index is 12.3. The van der Waals surface area contributed by atoms with Gasteiger partial charge in [0.15, 0.2) is 0 Å². The molecule has 3 nitrogen and oxygen atoms in total. The van der Waals surface area contributed by atoms with E-state index >= 15 is 0 Å². The number of hydrogen-bond acceptors (Lipinski definition) is 3. The van der Waals surface area contributed by atoms with Crippen LogP contribution in [0.4, 0.5) is 8.78 Å². The van der Waals surface area contributed by atoms with Crippen molar-refractivity contribution in [1.82, 2.24) is 4.90 Å². The maximum Gasteiger partial charge on any atom is 0.387 e. The SMILES string of the molecule is FC(F)Oc1cccc(C2CN(Cc3ccccc3)CCO2)c1. The summed E-state index contributed by atoms with van der Waals surface area (Å²) in [5, 5.41) is 0. The highest BCUT2D eigenvalue weighted by atomic mass is 19.3. The smallest absolute Gasteiger partial charge is 0.387 e. The van der Waals surface area contributed by atoms with Crippen molar-refractivity contribution >= 4 is 0 Å². The van der Waals surface area contributed by atoms with Crippen LogP contribution in [0.25, 0.3) is 0 Å². The van der Waals surface area contributed by atoms with Gasteiger partial charge in [-0.25, -0.2) is 0 Å². The molecule has 0 spiro atoms. The van der Waals surface area contributed by atoms with E-state index in [1.165, 1.54) is 11.6 Å². The van der Waals surface area contributed by atoms with E-state index in [1.54, 1.807) is 12.1 Å². The number of rotatable bonds is 5. The van der Waals surface area contributed by atoms with E-state index in [1.807, 2.05) is 24.3 Å². The Hall–Kier alpha value is -1.98. The Morgan fingerprint density at radius 3 is 2.74 bits per heavy atom. The largest absolute Gasteiger partial charge is 0.435 e. The average molecular weight is 319 g/mol. The molecule has 3 rings (SSSR count). The lowest BCUT2D eigenvalue weighted by Crippen LogP contribution is -2.37. The van der Waals surface area contributed by atoms with Crippen LogP contribution < -0.4 is 4.74 Å². The van der Waals surface area contributed by atoms with Crippen molar-refractivity contribution in [2.45, 2.75) is 19.3 Å². The molecule has 1 saturated heterocycles. The van der Waals surface area contributed by atoms with Crippen molar-refractivity contribution in [2.75, 3.05) is 19.7 Å². The number of ether oxygens (including phenoxy) is 2. The van der Waals surface area contributed by atoms with E-state index in [2.05, 4.69) is 21.8 Å². The van der Waals surface area contributed by atoms with Crippen LogP contribution in [0.1, 0.15) is 17.2 Å². The molecule has 0 saturated carbocycles. The van der Waals surface area contributed by atoms with Gasteiger partial charge in [0, 0.05) is 19.6 Å². The Bertz CT molecular complexity index is 621. The molecule has 0 bridgehead atoms. The maximum atomic E-state index is 12.3. The van der Waals surface area contributed by atoms with Crippen molar-refractivity contribution in [3.8, 4) is 5.75 Å². The quantitative estimate of drug-likeness (QED) is 0.835. The summed E-state index contributed by atoms with van der Waals surface area (Å²) in [6.45, 7) is 0.254. The summed E-state index contributed by atoms with van der Waals surface area (Å²) in [7, 11) is 0. The van der Waals surface area contributed by atoms with Gasteiger partial charge in [0.25, 0.3) is 0 Å². The first kappa shape index (κ1) is 15.9. The van der Waals surface area contributed by atoms with Gasteiger partial charge in [-0.15, -0.1) is 0 Å². The number of morpholine rings is 1. The Labute approximate surface area is 134 Å². The highest BCUT2D eigenvalue weighted by molar-refractivity contribution is 5.30. The average Bonchev–Trinajstić information content (AvgIpc) is 2.56. The summed E-state index contributed by atoms with van der Waals surface area (Å²) in [6.07, 6.45) is -0.131. The van der Waals surface area contributed by atoms with Gasteiger partial charge < -0.3 is 9.47 Å². The Balaban J connectivity index is 1.66. The third-order valence-electron chi connectivity index (χ3n) is 3.85. The summed E-state index contributed by atoms with van der Waals surface area (Å²) in [4.78, 5) is 2.31. The normalized spacial score (nSPS) is 19.0. The standard InChI is InChI=1S/C18H19F2NO2/c19-18(20)23-16-8-4-7-15(11-16)17-13-21(9-10-22-17)12-14-5-2-1-3-6-14/h1-8,11,17-18H,9-10,12-13H2. The molecule has 0 N–H and O–H groups in total. The van der Waals surface area contributed by atoms with Gasteiger partial charge in [-0.2, -0.15) is 8.78 Å². The van der Waals surface area contributed by atoms with E-state index in [9.17, 15) is 8.78 Å². The van der Waals surface area contributed by atoms with Crippen molar-refractivity contribution in [2.24, 2.45) is 0 Å². The first-order valence-corrected chi connectivity index (χ1v) is 7.63. The molecule has 1 aliphatic heterocycles. The topological polar surface area (TPSA) is 21.7 Å². The molecule has 1 fully saturated rings. The van der Waals surface area contributed by atoms with Crippen LogP contribution in [0.15, 0.2) is 54.6 Å². The second-order valence-electron chi connectivity index (χ2n) is 5.53. The molecule has 2 aromatic carbocycles. The Morgan fingerprint density at radius 1 is 1.13 bits per heavy atom. The Morgan fingerprint density at radius 2 is 1.96 bits per heavy atom. The Kier molecular flexibility index (Phi) is 5.20. The molecule has 2 aromatic rings. The van der Waals surface area contributed by atoms with E-state index in [4.69, 9.17) is 4.74 Å². The molecule has 122 valence electrons. The summed E-state index contributed by atoms with van der Waals surface area (Å²) < 4.78 is 34.9. The van der Waals surface area contributed by atoms with Crippen LogP contribution in [0.3, 0.4) is 0 Å². The summed E-state index contributed by atoms with van der Waals surface area (Å²) in [5.41, 5.74) is 2.11. The van der Waals surface area contributed by atoms with Crippen molar-refractivity contribution in [3.05, 3.63) is 65.7 Å². The van der Waals surface area contributed by atoms with E-state index in [0.717, 1.165) is 25.2 Å². The number of halogens is 2. The van der Waals surface area contributed by atoms with Crippen molar-refractivity contribution in [3.63, 3.8) is 0 Å². The summed E-state index contributed by atoms with van der Waals surface area (Å²) in [6, 6.07) is 17.0. The van der Waals surface area contributed by atoms with Crippen LogP contribution in [-0.4, -0.2) is 31.2 Å². The highest BCUT2D eigenvalue weighted by Crippen LogP contribution is 2.26. The predicted molar refractivity (Wildman–Crippen MR) is 83.5 cm³/mol. The van der Waals surface area contributed by atoms with E-state index < -0.39 is 6.61 Å². The first-order chi connectivity index (χ1) is 11.2. The first-order valence-electron chi connectivity index (χ1n) is 7.63. The molecular weight excluding hydrogens is 300 g/mol. The monoisotopic (exact) mass is 319 g/mol. The second-order valence-corrected chi connectivity index (χ2v) is 5.53. The van der Waals surface area contributed by atoms with Crippen LogP contribution in [0, 0.1) is 0 Å². The minimum Gasteiger partial charge on any atom is -0.435 e. The second kappa shape index (κ2) is 7.53. The third kappa shape index (κ3) is 4.50. The molecule has 1 atom stereocenters. The molecule has 1 aliphatic rings. The number of alkyl halides is 2. The van der Waals surface area contributed by atoms with Crippen LogP contribution in [-0.2, 0) is 11.3 Å². The van der Waals surface area contributed by atoms with Gasteiger partial charge in [-0.05, 0) is 23.3 Å². The summed E-state index contributed by atoms with van der Waals surface area (Å²) >= 11 is 0. The fourth-order valence-corrected chi connectivity index (χ4v) is 2.78. The summed E-state index contributed by atoms with van der Waals surface area (Å²) in [5.74, 6) is 0.168. The van der Waals surface area contributed by atoms with Crippen LogP contribution in [0.2, 0.25) is 0 Å².